The molecule has 6 heteroatoms. The molecule has 1 unspecified atom stereocenters. The van der Waals surface area contributed by atoms with Gasteiger partial charge in [-0.3, -0.25) is 14.6 Å². The molecular weight excluding hydrogens is 270 g/mol. The van der Waals surface area contributed by atoms with Gasteiger partial charge in [0, 0.05) is 19.3 Å². The second-order valence-electron chi connectivity index (χ2n) is 5.57. The SMILES string of the molecule is O=C1C(O)CCCCN1CC(=O)N1CCc2ccncc21. The number of pyridine rings is 1. The van der Waals surface area contributed by atoms with Crippen molar-refractivity contribution >= 4 is 17.5 Å². The van der Waals surface area contributed by atoms with Crippen molar-refractivity contribution in [3.05, 3.63) is 24.0 Å². The second-order valence-corrected chi connectivity index (χ2v) is 5.57. The highest BCUT2D eigenvalue weighted by Gasteiger charge is 2.30. The Morgan fingerprint density at radius 2 is 2.24 bits per heavy atom. The molecule has 1 atom stereocenters. The van der Waals surface area contributed by atoms with Gasteiger partial charge >= 0.3 is 0 Å². The maximum atomic E-state index is 12.5. The van der Waals surface area contributed by atoms with Crippen LogP contribution in [0.3, 0.4) is 0 Å². The molecule has 3 rings (SSSR count). The number of anilines is 1. The van der Waals surface area contributed by atoms with Crippen molar-refractivity contribution in [2.24, 2.45) is 0 Å². The van der Waals surface area contributed by atoms with Crippen molar-refractivity contribution in [3.8, 4) is 0 Å². The molecule has 6 nitrogen and oxygen atoms in total. The van der Waals surface area contributed by atoms with Crippen molar-refractivity contribution < 1.29 is 14.7 Å². The number of carbonyl (C=O) groups is 2. The molecule has 1 fully saturated rings. The molecule has 0 radical (unpaired) electrons. The zero-order valence-corrected chi connectivity index (χ0v) is 11.9. The van der Waals surface area contributed by atoms with Crippen LogP contribution in [0.25, 0.3) is 0 Å². The van der Waals surface area contributed by atoms with Gasteiger partial charge in [0.1, 0.15) is 12.6 Å². The van der Waals surface area contributed by atoms with E-state index in [4.69, 9.17) is 0 Å². The maximum absolute atomic E-state index is 12.5. The molecule has 1 saturated heterocycles. The molecule has 2 aliphatic heterocycles. The van der Waals surface area contributed by atoms with Gasteiger partial charge in [0.2, 0.25) is 5.91 Å². The first kappa shape index (κ1) is 14.0. The van der Waals surface area contributed by atoms with Crippen molar-refractivity contribution in [1.29, 1.82) is 0 Å². The van der Waals surface area contributed by atoms with Crippen LogP contribution in [0.1, 0.15) is 24.8 Å². The lowest BCUT2D eigenvalue weighted by atomic mass is 10.2. The number of aromatic nitrogens is 1. The number of hydrogen-bond donors (Lipinski definition) is 1. The largest absolute Gasteiger partial charge is 0.383 e. The number of hydrogen-bond acceptors (Lipinski definition) is 4. The van der Waals surface area contributed by atoms with E-state index in [1.54, 1.807) is 17.3 Å². The van der Waals surface area contributed by atoms with Crippen LogP contribution in [0, 0.1) is 0 Å². The highest BCUT2D eigenvalue weighted by Crippen LogP contribution is 2.26. The molecule has 0 spiro atoms. The van der Waals surface area contributed by atoms with Gasteiger partial charge < -0.3 is 14.9 Å². The third-order valence-corrected chi connectivity index (χ3v) is 4.16. The summed E-state index contributed by atoms with van der Waals surface area (Å²) >= 11 is 0. The van der Waals surface area contributed by atoms with Crippen LogP contribution in [-0.4, -0.2) is 52.5 Å². The minimum atomic E-state index is -0.965. The number of amides is 2. The Kier molecular flexibility index (Phi) is 3.88. The number of carbonyl (C=O) groups excluding carboxylic acids is 2. The van der Waals surface area contributed by atoms with E-state index >= 15 is 0 Å². The van der Waals surface area contributed by atoms with Crippen LogP contribution in [0.15, 0.2) is 18.5 Å². The van der Waals surface area contributed by atoms with Crippen LogP contribution in [-0.2, 0) is 16.0 Å². The Morgan fingerprint density at radius 1 is 1.38 bits per heavy atom. The van der Waals surface area contributed by atoms with E-state index in [1.807, 2.05) is 6.07 Å². The van der Waals surface area contributed by atoms with Gasteiger partial charge in [0.05, 0.1) is 11.9 Å². The first-order valence-electron chi connectivity index (χ1n) is 7.37. The van der Waals surface area contributed by atoms with Gasteiger partial charge in [-0.15, -0.1) is 0 Å². The summed E-state index contributed by atoms with van der Waals surface area (Å²) in [5.74, 6) is -0.435. The van der Waals surface area contributed by atoms with Crippen molar-refractivity contribution in [3.63, 3.8) is 0 Å². The average molecular weight is 289 g/mol. The summed E-state index contributed by atoms with van der Waals surface area (Å²) in [4.78, 5) is 31.7. The van der Waals surface area contributed by atoms with Crippen LogP contribution >= 0.6 is 0 Å². The van der Waals surface area contributed by atoms with E-state index in [9.17, 15) is 14.7 Å². The summed E-state index contributed by atoms with van der Waals surface area (Å²) in [7, 11) is 0. The zero-order valence-electron chi connectivity index (χ0n) is 11.9. The zero-order chi connectivity index (χ0) is 14.8. The normalized spacial score (nSPS) is 22.1. The van der Waals surface area contributed by atoms with E-state index in [2.05, 4.69) is 4.98 Å². The molecule has 112 valence electrons. The van der Waals surface area contributed by atoms with Gasteiger partial charge in [-0.05, 0) is 37.3 Å². The molecule has 0 saturated carbocycles. The smallest absolute Gasteiger partial charge is 0.251 e. The topological polar surface area (TPSA) is 73.7 Å². The maximum Gasteiger partial charge on any atom is 0.251 e. The summed E-state index contributed by atoms with van der Waals surface area (Å²) in [6.45, 7) is 1.20. The monoisotopic (exact) mass is 289 g/mol. The van der Waals surface area contributed by atoms with Gasteiger partial charge in [0.15, 0.2) is 0 Å². The summed E-state index contributed by atoms with van der Waals surface area (Å²) in [6, 6.07) is 1.92. The minimum Gasteiger partial charge on any atom is -0.383 e. The highest BCUT2D eigenvalue weighted by atomic mass is 16.3. The van der Waals surface area contributed by atoms with Crippen LogP contribution in [0.4, 0.5) is 5.69 Å². The molecule has 21 heavy (non-hydrogen) atoms. The first-order chi connectivity index (χ1) is 10.2. The predicted molar refractivity (Wildman–Crippen MR) is 76.7 cm³/mol. The van der Waals surface area contributed by atoms with E-state index in [0.717, 1.165) is 30.5 Å². The number of aliphatic hydroxyl groups excluding tert-OH is 1. The fourth-order valence-corrected chi connectivity index (χ4v) is 2.97. The lowest BCUT2D eigenvalue weighted by Crippen LogP contribution is -2.45. The number of nitrogens with zero attached hydrogens (tertiary/aromatic N) is 3. The predicted octanol–water partition coefficient (Wildman–Crippen LogP) is 0.344. The third kappa shape index (κ3) is 2.76. The number of rotatable bonds is 2. The van der Waals surface area contributed by atoms with Crippen LogP contribution in [0.5, 0.6) is 0 Å². The van der Waals surface area contributed by atoms with Gasteiger partial charge in [-0.25, -0.2) is 0 Å². The lowest BCUT2D eigenvalue weighted by molar-refractivity contribution is -0.142. The molecule has 0 aliphatic carbocycles. The van der Waals surface area contributed by atoms with Crippen molar-refractivity contribution in [2.75, 3.05) is 24.5 Å². The van der Waals surface area contributed by atoms with E-state index in [-0.39, 0.29) is 18.4 Å². The summed E-state index contributed by atoms with van der Waals surface area (Å²) in [5, 5.41) is 9.74. The Labute approximate surface area is 123 Å². The van der Waals surface area contributed by atoms with Crippen molar-refractivity contribution in [1.82, 2.24) is 9.88 Å². The Balaban J connectivity index is 1.71. The lowest BCUT2D eigenvalue weighted by Gasteiger charge is -2.25. The Hall–Kier alpha value is -1.95. The summed E-state index contributed by atoms with van der Waals surface area (Å²) in [5.41, 5.74) is 1.95. The first-order valence-corrected chi connectivity index (χ1v) is 7.37. The minimum absolute atomic E-state index is 0.0320. The van der Waals surface area contributed by atoms with Gasteiger partial charge in [-0.1, -0.05) is 0 Å². The summed E-state index contributed by atoms with van der Waals surface area (Å²) < 4.78 is 0. The van der Waals surface area contributed by atoms with Crippen molar-refractivity contribution in [2.45, 2.75) is 31.8 Å². The molecule has 1 N–H and O–H groups in total. The van der Waals surface area contributed by atoms with E-state index < -0.39 is 6.10 Å². The van der Waals surface area contributed by atoms with Crippen LogP contribution in [0.2, 0.25) is 0 Å². The van der Waals surface area contributed by atoms with E-state index in [0.29, 0.717) is 19.5 Å². The highest BCUT2D eigenvalue weighted by molar-refractivity contribution is 5.98. The third-order valence-electron chi connectivity index (χ3n) is 4.16. The quantitative estimate of drug-likeness (QED) is 0.852. The average Bonchev–Trinajstić information content (AvgIpc) is 2.86. The van der Waals surface area contributed by atoms with Gasteiger partial charge in [-0.2, -0.15) is 0 Å². The molecular formula is C15H19N3O3. The van der Waals surface area contributed by atoms with E-state index in [1.165, 1.54) is 4.90 Å². The number of fused-ring (bicyclic) bond motifs is 1. The molecule has 1 aromatic rings. The molecule has 1 aromatic heterocycles. The number of aliphatic hydroxyl groups is 1. The fourth-order valence-electron chi connectivity index (χ4n) is 2.97. The molecule has 2 aliphatic rings. The molecule has 0 aromatic carbocycles. The molecule has 0 bridgehead atoms. The number of likely N-dealkylation sites (tertiary alicyclic amines) is 1. The van der Waals surface area contributed by atoms with Crippen LogP contribution < -0.4 is 4.90 Å². The van der Waals surface area contributed by atoms with Gasteiger partial charge in [0.25, 0.3) is 5.91 Å². The standard InChI is InChI=1S/C15H19N3O3/c19-13-3-1-2-7-17(15(13)21)10-14(20)18-8-5-11-4-6-16-9-12(11)18/h4,6,9,13,19H,1-3,5,7-8,10H2. The Morgan fingerprint density at radius 3 is 3.10 bits per heavy atom. The summed E-state index contributed by atoms with van der Waals surface area (Å²) in [6.07, 6.45) is 5.40. The second kappa shape index (κ2) is 5.81. The Bertz CT molecular complexity index is 561. The molecule has 2 amide bonds. The molecule has 3 heterocycles. The fraction of sp³-hybridized carbons (Fsp3) is 0.533.